The number of ether oxygens (including phenoxy) is 2. The van der Waals surface area contributed by atoms with Crippen LogP contribution >= 0.6 is 0 Å². The van der Waals surface area contributed by atoms with Crippen molar-refractivity contribution >= 4 is 5.97 Å². The van der Waals surface area contributed by atoms with Gasteiger partial charge in [-0.15, -0.1) is 0 Å². The van der Waals surface area contributed by atoms with Gasteiger partial charge in [0, 0.05) is 6.04 Å². The molecule has 0 aromatic rings. The van der Waals surface area contributed by atoms with E-state index in [1.54, 1.807) is 0 Å². The third-order valence-electron chi connectivity index (χ3n) is 1.88. The predicted molar refractivity (Wildman–Crippen MR) is 53.1 cm³/mol. The highest BCUT2D eigenvalue weighted by atomic mass is 16.6. The Bertz CT molecular complexity index is 194. The molecule has 0 aliphatic carbocycles. The summed E-state index contributed by atoms with van der Waals surface area (Å²) >= 11 is 0. The smallest absolute Gasteiger partial charge is 0.332 e. The van der Waals surface area contributed by atoms with Gasteiger partial charge in [-0.1, -0.05) is 0 Å². The second kappa shape index (κ2) is 4.75. The van der Waals surface area contributed by atoms with Crippen LogP contribution in [0.4, 0.5) is 0 Å². The van der Waals surface area contributed by atoms with Crippen LogP contribution in [-0.4, -0.2) is 37.4 Å². The van der Waals surface area contributed by atoms with E-state index in [2.05, 4.69) is 5.32 Å². The van der Waals surface area contributed by atoms with E-state index in [-0.39, 0.29) is 12.6 Å². The molecule has 0 unspecified atom stereocenters. The van der Waals surface area contributed by atoms with E-state index in [0.717, 1.165) is 13.0 Å². The highest BCUT2D eigenvalue weighted by Crippen LogP contribution is 2.07. The van der Waals surface area contributed by atoms with Gasteiger partial charge in [0.1, 0.15) is 12.2 Å². The molecule has 1 aliphatic heterocycles. The fraction of sp³-hybridized carbons (Fsp3) is 0.900. The molecular weight excluding hydrogens is 182 g/mol. The molecule has 4 heteroatoms. The zero-order chi connectivity index (χ0) is 10.6. The lowest BCUT2D eigenvalue weighted by molar-refractivity contribution is -0.160. The van der Waals surface area contributed by atoms with Gasteiger partial charge in [0.15, 0.2) is 0 Å². The molecule has 0 aromatic heterocycles. The van der Waals surface area contributed by atoms with Crippen LogP contribution in [0.25, 0.3) is 0 Å². The summed E-state index contributed by atoms with van der Waals surface area (Å²) in [5.41, 5.74) is -0.421. The third-order valence-corrected chi connectivity index (χ3v) is 1.88. The molecule has 1 atom stereocenters. The molecular formula is C10H19NO3. The van der Waals surface area contributed by atoms with Gasteiger partial charge in [-0.25, -0.2) is 4.79 Å². The SMILES string of the molecule is CC(C)(C)OC(=O)COC[C@@H]1CCN1. The molecule has 1 aliphatic rings. The summed E-state index contributed by atoms with van der Waals surface area (Å²) < 4.78 is 10.3. The molecule has 1 heterocycles. The molecule has 1 saturated heterocycles. The minimum Gasteiger partial charge on any atom is -0.458 e. The lowest BCUT2D eigenvalue weighted by atomic mass is 10.1. The van der Waals surface area contributed by atoms with Gasteiger partial charge in [0.2, 0.25) is 0 Å². The summed E-state index contributed by atoms with van der Waals surface area (Å²) in [4.78, 5) is 11.2. The maximum atomic E-state index is 11.2. The van der Waals surface area contributed by atoms with Crippen molar-refractivity contribution < 1.29 is 14.3 Å². The van der Waals surface area contributed by atoms with Crippen molar-refractivity contribution in [2.45, 2.75) is 38.8 Å². The molecule has 1 fully saturated rings. The standard InChI is InChI=1S/C10H19NO3/c1-10(2,3)14-9(12)7-13-6-8-4-5-11-8/h8,11H,4-7H2,1-3H3/t8-/m0/s1. The molecule has 4 nitrogen and oxygen atoms in total. The Balaban J connectivity index is 2.02. The lowest BCUT2D eigenvalue weighted by Crippen LogP contribution is -2.46. The third kappa shape index (κ3) is 4.58. The molecule has 0 radical (unpaired) electrons. The number of rotatable bonds is 4. The molecule has 0 spiro atoms. The Morgan fingerprint density at radius 1 is 1.50 bits per heavy atom. The predicted octanol–water partition coefficient (Wildman–Crippen LogP) is 0.707. The lowest BCUT2D eigenvalue weighted by Gasteiger charge is -2.27. The van der Waals surface area contributed by atoms with E-state index in [0.29, 0.717) is 12.6 Å². The van der Waals surface area contributed by atoms with Crippen molar-refractivity contribution in [3.8, 4) is 0 Å². The van der Waals surface area contributed by atoms with Crippen LogP contribution in [0.1, 0.15) is 27.2 Å². The van der Waals surface area contributed by atoms with Crippen molar-refractivity contribution in [3.63, 3.8) is 0 Å². The van der Waals surface area contributed by atoms with E-state index in [1.807, 2.05) is 20.8 Å². The number of carbonyl (C=O) groups excluding carboxylic acids is 1. The second-order valence-corrected chi connectivity index (χ2v) is 4.54. The van der Waals surface area contributed by atoms with Crippen molar-refractivity contribution in [2.24, 2.45) is 0 Å². The number of nitrogens with one attached hydrogen (secondary N) is 1. The first-order chi connectivity index (χ1) is 6.47. The number of esters is 1. The summed E-state index contributed by atoms with van der Waals surface area (Å²) in [6.07, 6.45) is 1.13. The first-order valence-corrected chi connectivity index (χ1v) is 5.00. The van der Waals surface area contributed by atoms with Crippen LogP contribution in [0.2, 0.25) is 0 Å². The molecule has 1 rings (SSSR count). The first kappa shape index (κ1) is 11.5. The quantitative estimate of drug-likeness (QED) is 0.680. The summed E-state index contributed by atoms with van der Waals surface area (Å²) in [7, 11) is 0. The molecule has 0 aromatic carbocycles. The monoisotopic (exact) mass is 201 g/mol. The van der Waals surface area contributed by atoms with Crippen LogP contribution in [0.5, 0.6) is 0 Å². The minimum atomic E-state index is -0.421. The summed E-state index contributed by atoms with van der Waals surface area (Å²) in [5, 5.41) is 3.19. The van der Waals surface area contributed by atoms with Crippen molar-refractivity contribution in [2.75, 3.05) is 19.8 Å². The van der Waals surface area contributed by atoms with E-state index >= 15 is 0 Å². The highest BCUT2D eigenvalue weighted by molar-refractivity contribution is 5.71. The molecule has 0 bridgehead atoms. The Kier molecular flexibility index (Phi) is 3.89. The summed E-state index contributed by atoms with van der Waals surface area (Å²) in [6.45, 7) is 7.24. The molecule has 82 valence electrons. The largest absolute Gasteiger partial charge is 0.458 e. The van der Waals surface area contributed by atoms with E-state index < -0.39 is 5.60 Å². The maximum absolute atomic E-state index is 11.2. The summed E-state index contributed by atoms with van der Waals surface area (Å²) in [5.74, 6) is -0.295. The van der Waals surface area contributed by atoms with Crippen LogP contribution in [0, 0.1) is 0 Å². The fourth-order valence-corrected chi connectivity index (χ4v) is 1.15. The number of carbonyl (C=O) groups is 1. The van der Waals surface area contributed by atoms with Gasteiger partial charge in [-0.2, -0.15) is 0 Å². The van der Waals surface area contributed by atoms with Crippen molar-refractivity contribution in [1.29, 1.82) is 0 Å². The van der Waals surface area contributed by atoms with Gasteiger partial charge in [-0.3, -0.25) is 0 Å². The van der Waals surface area contributed by atoms with Gasteiger partial charge >= 0.3 is 5.97 Å². The zero-order valence-electron chi connectivity index (χ0n) is 9.13. The minimum absolute atomic E-state index is 0.0510. The second-order valence-electron chi connectivity index (χ2n) is 4.54. The Labute approximate surface area is 85.0 Å². The fourth-order valence-electron chi connectivity index (χ4n) is 1.15. The van der Waals surface area contributed by atoms with Crippen molar-refractivity contribution in [1.82, 2.24) is 5.32 Å². The van der Waals surface area contributed by atoms with Gasteiger partial charge in [0.25, 0.3) is 0 Å². The van der Waals surface area contributed by atoms with Crippen molar-refractivity contribution in [3.05, 3.63) is 0 Å². The normalized spacial score (nSPS) is 21.5. The van der Waals surface area contributed by atoms with E-state index in [1.165, 1.54) is 0 Å². The average Bonchev–Trinajstić information content (AvgIpc) is 1.90. The molecule has 14 heavy (non-hydrogen) atoms. The van der Waals surface area contributed by atoms with Crippen LogP contribution in [0.15, 0.2) is 0 Å². The molecule has 0 amide bonds. The highest BCUT2D eigenvalue weighted by Gasteiger charge is 2.19. The molecule has 1 N–H and O–H groups in total. The number of hydrogen-bond acceptors (Lipinski definition) is 4. The van der Waals surface area contributed by atoms with Gasteiger partial charge in [0.05, 0.1) is 6.61 Å². The first-order valence-electron chi connectivity index (χ1n) is 5.00. The van der Waals surface area contributed by atoms with E-state index in [9.17, 15) is 4.79 Å². The average molecular weight is 201 g/mol. The Hall–Kier alpha value is -0.610. The zero-order valence-corrected chi connectivity index (χ0v) is 9.13. The number of hydrogen-bond donors (Lipinski definition) is 1. The van der Waals surface area contributed by atoms with Gasteiger partial charge < -0.3 is 14.8 Å². The van der Waals surface area contributed by atoms with Crippen LogP contribution in [0.3, 0.4) is 0 Å². The maximum Gasteiger partial charge on any atom is 0.332 e. The summed E-state index contributed by atoms with van der Waals surface area (Å²) in [6, 6.07) is 0.428. The van der Waals surface area contributed by atoms with Crippen LogP contribution < -0.4 is 5.32 Å². The van der Waals surface area contributed by atoms with Crippen LogP contribution in [-0.2, 0) is 14.3 Å². The Morgan fingerprint density at radius 2 is 2.14 bits per heavy atom. The van der Waals surface area contributed by atoms with E-state index in [4.69, 9.17) is 9.47 Å². The molecule has 0 saturated carbocycles. The Morgan fingerprint density at radius 3 is 2.57 bits per heavy atom. The van der Waals surface area contributed by atoms with Gasteiger partial charge in [-0.05, 0) is 33.7 Å². The topological polar surface area (TPSA) is 47.6 Å².